The zero-order valence-corrected chi connectivity index (χ0v) is 10.6. The second-order valence-electron chi connectivity index (χ2n) is 3.12. The van der Waals surface area contributed by atoms with E-state index in [4.69, 9.17) is 32.8 Å². The topological polar surface area (TPSA) is 61.8 Å². The average Bonchev–Trinajstić information content (AvgIpc) is 2.61. The normalized spacial score (nSPS) is 31.3. The van der Waals surface area contributed by atoms with Crippen molar-refractivity contribution in [2.75, 3.05) is 38.0 Å². The Kier molecular flexibility index (Phi) is 5.85. The molecule has 90 valence electrons. The van der Waals surface area contributed by atoms with Crippen LogP contribution in [0.5, 0.6) is 0 Å². The zero-order chi connectivity index (χ0) is 11.3. The van der Waals surface area contributed by atoms with Crippen molar-refractivity contribution in [3.8, 4) is 0 Å². The molecule has 0 aromatic heterocycles. The molecule has 0 spiro atoms. The minimum atomic E-state index is -3.03. The molecule has 5 nitrogen and oxygen atoms in total. The fourth-order valence-electron chi connectivity index (χ4n) is 1.33. The lowest BCUT2D eigenvalue weighted by molar-refractivity contribution is 0.134. The van der Waals surface area contributed by atoms with Gasteiger partial charge in [-0.3, -0.25) is 9.09 Å². The number of hydrogen-bond acceptors (Lipinski definition) is 3. The molecule has 1 heterocycles. The first kappa shape index (κ1) is 13.7. The fraction of sp³-hybridized carbons (Fsp3) is 1.00. The Hall–Kier alpha value is 0.650. The quantitative estimate of drug-likeness (QED) is 0.557. The summed E-state index contributed by atoms with van der Waals surface area (Å²) >= 11 is 11.2. The smallest absolute Gasteiger partial charge is 0.343 e. The van der Waals surface area contributed by atoms with E-state index < -0.39 is 13.8 Å². The number of alkyl halides is 2. The van der Waals surface area contributed by atoms with E-state index in [1.807, 2.05) is 0 Å². The van der Waals surface area contributed by atoms with Crippen molar-refractivity contribution in [2.45, 2.75) is 6.10 Å². The molecule has 0 saturated carbocycles. The van der Waals surface area contributed by atoms with E-state index in [1.54, 1.807) is 4.67 Å². The predicted octanol–water partition coefficient (Wildman–Crippen LogP) is 0.855. The van der Waals surface area contributed by atoms with Crippen LogP contribution in [-0.2, 0) is 9.09 Å². The lowest BCUT2D eigenvalue weighted by Gasteiger charge is -2.25. The third-order valence-corrected chi connectivity index (χ3v) is 4.72. The molecule has 0 bridgehead atoms. The van der Waals surface area contributed by atoms with Crippen molar-refractivity contribution in [2.24, 2.45) is 0 Å². The van der Waals surface area contributed by atoms with Gasteiger partial charge in [0.1, 0.15) is 6.10 Å². The number of halogens is 2. The summed E-state index contributed by atoms with van der Waals surface area (Å²) < 4.78 is 19.1. The molecule has 1 aliphatic rings. The largest absolute Gasteiger partial charge is 0.394 e. The van der Waals surface area contributed by atoms with E-state index in [0.717, 1.165) is 0 Å². The molecule has 0 radical (unpaired) electrons. The third kappa shape index (κ3) is 3.56. The molecular formula is C7H15Cl2N2O3P. The molecule has 1 aliphatic heterocycles. The van der Waals surface area contributed by atoms with E-state index in [2.05, 4.69) is 5.09 Å². The maximum atomic E-state index is 12.2. The number of rotatable bonds is 6. The van der Waals surface area contributed by atoms with Crippen LogP contribution in [0.4, 0.5) is 0 Å². The molecule has 2 atom stereocenters. The second kappa shape index (κ2) is 6.40. The molecule has 0 aromatic carbocycles. The molecule has 1 fully saturated rings. The Balaban J connectivity index is 2.61. The highest BCUT2D eigenvalue weighted by molar-refractivity contribution is 7.54. The van der Waals surface area contributed by atoms with Crippen LogP contribution in [0.2, 0.25) is 0 Å². The number of aliphatic hydroxyl groups is 1. The SMILES string of the molecule is O=[P@]1(N(CCCl)CCCl)NC[C@H](CO)O1. The van der Waals surface area contributed by atoms with Gasteiger partial charge < -0.3 is 5.11 Å². The minimum absolute atomic E-state index is 0.146. The molecular weight excluding hydrogens is 262 g/mol. The van der Waals surface area contributed by atoms with Gasteiger partial charge in [0.05, 0.1) is 6.61 Å². The Labute approximate surface area is 99.2 Å². The molecule has 0 aromatic rings. The summed E-state index contributed by atoms with van der Waals surface area (Å²) in [5.74, 6) is 0.714. The second-order valence-corrected chi connectivity index (χ2v) is 6.01. The summed E-state index contributed by atoms with van der Waals surface area (Å²) in [5.41, 5.74) is 0. The molecule has 2 N–H and O–H groups in total. The summed E-state index contributed by atoms with van der Waals surface area (Å²) in [6.07, 6.45) is -0.413. The molecule has 15 heavy (non-hydrogen) atoms. The highest BCUT2D eigenvalue weighted by atomic mass is 35.5. The Morgan fingerprint density at radius 1 is 1.47 bits per heavy atom. The standard InChI is InChI=1S/C7H15Cl2N2O3P/c8-1-3-11(4-2-9)15(13)10-5-7(6-12)14-15/h7,12H,1-6H2,(H,10,13)/t7-,15-/m1/s1. The summed E-state index contributed by atoms with van der Waals surface area (Å²) in [6.45, 7) is 1.12. The zero-order valence-electron chi connectivity index (χ0n) is 8.23. The Bertz CT molecular complexity index is 238. The highest BCUT2D eigenvalue weighted by Crippen LogP contribution is 2.50. The van der Waals surface area contributed by atoms with Crippen LogP contribution in [0.1, 0.15) is 0 Å². The number of aliphatic hydroxyl groups excluding tert-OH is 1. The van der Waals surface area contributed by atoms with Crippen LogP contribution >= 0.6 is 30.9 Å². The molecule has 0 aliphatic carbocycles. The van der Waals surface area contributed by atoms with Gasteiger partial charge in [0.25, 0.3) is 0 Å². The van der Waals surface area contributed by atoms with Crippen molar-refractivity contribution in [1.29, 1.82) is 0 Å². The average molecular weight is 277 g/mol. The summed E-state index contributed by atoms with van der Waals surface area (Å²) in [7, 11) is -3.03. The van der Waals surface area contributed by atoms with E-state index in [1.165, 1.54) is 0 Å². The van der Waals surface area contributed by atoms with Gasteiger partial charge >= 0.3 is 7.67 Å². The van der Waals surface area contributed by atoms with Gasteiger partial charge in [0, 0.05) is 31.4 Å². The van der Waals surface area contributed by atoms with E-state index in [0.29, 0.717) is 31.4 Å². The maximum absolute atomic E-state index is 12.2. The number of nitrogens with one attached hydrogen (secondary N) is 1. The molecule has 0 unspecified atom stereocenters. The van der Waals surface area contributed by atoms with Crippen molar-refractivity contribution in [1.82, 2.24) is 9.76 Å². The lowest BCUT2D eigenvalue weighted by Crippen LogP contribution is -2.29. The molecule has 0 amide bonds. The highest BCUT2D eigenvalue weighted by Gasteiger charge is 2.39. The first-order valence-corrected chi connectivity index (χ1v) is 7.32. The first-order valence-electron chi connectivity index (χ1n) is 4.68. The van der Waals surface area contributed by atoms with Gasteiger partial charge in [0.15, 0.2) is 0 Å². The molecule has 1 rings (SSSR count). The van der Waals surface area contributed by atoms with Crippen LogP contribution < -0.4 is 5.09 Å². The van der Waals surface area contributed by atoms with Gasteiger partial charge in [0.2, 0.25) is 0 Å². The van der Waals surface area contributed by atoms with E-state index in [9.17, 15) is 4.57 Å². The van der Waals surface area contributed by atoms with Crippen molar-refractivity contribution in [3.05, 3.63) is 0 Å². The third-order valence-electron chi connectivity index (χ3n) is 2.07. The van der Waals surface area contributed by atoms with Crippen LogP contribution in [0, 0.1) is 0 Å². The fourth-order valence-corrected chi connectivity index (χ4v) is 4.09. The van der Waals surface area contributed by atoms with Crippen molar-refractivity contribution in [3.63, 3.8) is 0 Å². The van der Waals surface area contributed by atoms with Crippen LogP contribution in [0.15, 0.2) is 0 Å². The van der Waals surface area contributed by atoms with Crippen LogP contribution in [-0.4, -0.2) is 53.9 Å². The van der Waals surface area contributed by atoms with E-state index in [-0.39, 0.29) is 6.61 Å². The molecule has 1 saturated heterocycles. The van der Waals surface area contributed by atoms with Gasteiger partial charge in [-0.1, -0.05) is 0 Å². The van der Waals surface area contributed by atoms with Crippen LogP contribution in [0.25, 0.3) is 0 Å². The lowest BCUT2D eigenvalue weighted by atomic mass is 10.4. The number of hydrogen-bond donors (Lipinski definition) is 2. The van der Waals surface area contributed by atoms with Crippen molar-refractivity contribution < 1.29 is 14.2 Å². The summed E-state index contributed by atoms with van der Waals surface area (Å²) in [4.78, 5) is 0. The summed E-state index contributed by atoms with van der Waals surface area (Å²) in [6, 6.07) is 0. The summed E-state index contributed by atoms with van der Waals surface area (Å²) in [5, 5.41) is 11.7. The van der Waals surface area contributed by atoms with Crippen molar-refractivity contribution >= 4 is 30.9 Å². The number of nitrogens with zero attached hydrogens (tertiary/aromatic N) is 1. The van der Waals surface area contributed by atoms with Gasteiger partial charge in [-0.05, 0) is 0 Å². The van der Waals surface area contributed by atoms with Crippen LogP contribution in [0.3, 0.4) is 0 Å². The maximum Gasteiger partial charge on any atom is 0.343 e. The van der Waals surface area contributed by atoms with E-state index >= 15 is 0 Å². The Morgan fingerprint density at radius 2 is 2.07 bits per heavy atom. The predicted molar refractivity (Wildman–Crippen MR) is 60.6 cm³/mol. The van der Waals surface area contributed by atoms with Gasteiger partial charge in [-0.15, -0.1) is 23.2 Å². The Morgan fingerprint density at radius 3 is 2.47 bits per heavy atom. The van der Waals surface area contributed by atoms with Gasteiger partial charge in [-0.25, -0.2) is 9.76 Å². The minimum Gasteiger partial charge on any atom is -0.394 e. The van der Waals surface area contributed by atoms with Gasteiger partial charge in [-0.2, -0.15) is 0 Å². The first-order chi connectivity index (χ1) is 7.16. The molecule has 8 heteroatoms. The monoisotopic (exact) mass is 276 g/mol.